The number of anilines is 2. The largest absolute Gasteiger partial charge is 0.359 e. The summed E-state index contributed by atoms with van der Waals surface area (Å²) in [4.78, 5) is 35.6. The van der Waals surface area contributed by atoms with Crippen molar-refractivity contribution in [2.45, 2.75) is 19.9 Å². The first-order valence-electron chi connectivity index (χ1n) is 13.1. The van der Waals surface area contributed by atoms with Gasteiger partial charge in [0, 0.05) is 44.5 Å². The number of nitrogens with zero attached hydrogens (tertiary/aromatic N) is 8. The molecule has 0 atom stereocenters. The van der Waals surface area contributed by atoms with E-state index in [0.29, 0.717) is 27.9 Å². The highest BCUT2D eigenvalue weighted by Crippen LogP contribution is 2.29. The first-order chi connectivity index (χ1) is 20.5. The van der Waals surface area contributed by atoms with Crippen LogP contribution in [0.25, 0.3) is 16.6 Å². The zero-order valence-corrected chi connectivity index (χ0v) is 24.0. The maximum Gasteiger partial charge on any atom is 0.359 e. The fourth-order valence-electron chi connectivity index (χ4n) is 4.89. The standard InChI is InChI=1S/C29H24ClF2N9O2/c1-16-4-21(12-33-10-16)41-28(42)36-27(35-26-8-20-14-39(3)37-25(20)9-22(26)30)40(29(41)43)15-19-7-24(32)23(31)6-18(19)5-17-11-34-38(2)13-17/h4,6-14H,5,15H2,1-3H3,(H,35,36,42). The maximum atomic E-state index is 14.6. The van der Waals surface area contributed by atoms with Gasteiger partial charge in [0.2, 0.25) is 5.95 Å². The third kappa shape index (κ3) is 5.54. The van der Waals surface area contributed by atoms with E-state index in [4.69, 9.17) is 11.6 Å². The molecule has 43 heavy (non-hydrogen) atoms. The van der Waals surface area contributed by atoms with Gasteiger partial charge in [0.05, 0.1) is 40.9 Å². The van der Waals surface area contributed by atoms with Gasteiger partial charge in [-0.2, -0.15) is 15.2 Å². The normalized spacial score (nSPS) is 11.4. The lowest BCUT2D eigenvalue weighted by Gasteiger charge is -2.18. The molecule has 14 heteroatoms. The fraction of sp³-hybridized carbons (Fsp3) is 0.172. The quantitative estimate of drug-likeness (QED) is 0.293. The molecule has 6 aromatic rings. The van der Waals surface area contributed by atoms with Crippen LogP contribution in [0, 0.1) is 18.6 Å². The topological polar surface area (TPSA) is 117 Å². The van der Waals surface area contributed by atoms with Gasteiger partial charge in [0.25, 0.3) is 0 Å². The third-order valence-electron chi connectivity index (χ3n) is 6.87. The molecule has 4 heterocycles. The van der Waals surface area contributed by atoms with Crippen LogP contribution in [0.3, 0.4) is 0 Å². The molecule has 0 saturated heterocycles. The van der Waals surface area contributed by atoms with Crippen LogP contribution in [0.15, 0.2) is 70.9 Å². The molecule has 0 fully saturated rings. The smallest absolute Gasteiger partial charge is 0.324 e. The molecule has 0 bridgehead atoms. The van der Waals surface area contributed by atoms with E-state index in [1.165, 1.54) is 10.8 Å². The summed E-state index contributed by atoms with van der Waals surface area (Å²) >= 11 is 6.54. The van der Waals surface area contributed by atoms with Gasteiger partial charge in [-0.15, -0.1) is 0 Å². The summed E-state index contributed by atoms with van der Waals surface area (Å²) in [5.41, 5.74) is 1.77. The molecular formula is C29H24ClF2N9O2. The SMILES string of the molecule is Cc1cncc(-n2c(=O)nc(Nc3cc4cn(C)nc4cc3Cl)n(Cc3cc(F)c(F)cc3Cc3cnn(C)c3)c2=O)c1. The van der Waals surface area contributed by atoms with Gasteiger partial charge in [-0.05, 0) is 59.5 Å². The van der Waals surface area contributed by atoms with Crippen molar-refractivity contribution in [3.63, 3.8) is 0 Å². The van der Waals surface area contributed by atoms with E-state index in [9.17, 15) is 18.4 Å². The fourth-order valence-corrected chi connectivity index (χ4v) is 5.10. The van der Waals surface area contributed by atoms with E-state index in [1.54, 1.807) is 73.4 Å². The molecule has 6 rings (SSSR count). The van der Waals surface area contributed by atoms with Gasteiger partial charge in [0.15, 0.2) is 11.6 Å². The Balaban J connectivity index is 1.52. The van der Waals surface area contributed by atoms with Crippen LogP contribution >= 0.6 is 11.6 Å². The van der Waals surface area contributed by atoms with Crippen molar-refractivity contribution in [3.05, 3.63) is 121 Å². The number of benzene rings is 2. The highest BCUT2D eigenvalue weighted by atomic mass is 35.5. The van der Waals surface area contributed by atoms with Gasteiger partial charge < -0.3 is 5.32 Å². The lowest BCUT2D eigenvalue weighted by Crippen LogP contribution is -2.42. The van der Waals surface area contributed by atoms with Crippen molar-refractivity contribution in [1.82, 2.24) is 38.7 Å². The van der Waals surface area contributed by atoms with Crippen molar-refractivity contribution >= 4 is 34.1 Å². The number of fused-ring (bicyclic) bond motifs is 1. The van der Waals surface area contributed by atoms with E-state index < -0.39 is 23.0 Å². The summed E-state index contributed by atoms with van der Waals surface area (Å²) in [7, 11) is 3.52. The summed E-state index contributed by atoms with van der Waals surface area (Å²) in [6, 6.07) is 7.10. The predicted octanol–water partition coefficient (Wildman–Crippen LogP) is 4.03. The Kier molecular flexibility index (Phi) is 7.10. The van der Waals surface area contributed by atoms with Gasteiger partial charge in [-0.1, -0.05) is 11.6 Å². The second kappa shape index (κ2) is 10.9. The van der Waals surface area contributed by atoms with Crippen molar-refractivity contribution < 1.29 is 8.78 Å². The molecule has 0 radical (unpaired) electrons. The second-order valence-corrected chi connectivity index (χ2v) is 10.6. The van der Waals surface area contributed by atoms with Crippen LogP contribution in [0.4, 0.5) is 20.4 Å². The molecule has 4 aromatic heterocycles. The van der Waals surface area contributed by atoms with Crippen LogP contribution in [-0.4, -0.2) is 38.7 Å². The molecule has 218 valence electrons. The maximum absolute atomic E-state index is 14.6. The van der Waals surface area contributed by atoms with E-state index in [0.717, 1.165) is 27.6 Å². The van der Waals surface area contributed by atoms with Crippen molar-refractivity contribution in [1.29, 1.82) is 0 Å². The Hall–Kier alpha value is -5.17. The highest BCUT2D eigenvalue weighted by molar-refractivity contribution is 6.34. The molecule has 2 aromatic carbocycles. The average Bonchev–Trinajstić information content (AvgIpc) is 3.52. The molecule has 11 nitrogen and oxygen atoms in total. The van der Waals surface area contributed by atoms with E-state index in [2.05, 4.69) is 25.5 Å². The van der Waals surface area contributed by atoms with E-state index in [1.807, 2.05) is 0 Å². The summed E-state index contributed by atoms with van der Waals surface area (Å²) in [5.74, 6) is -2.25. The average molecular weight is 604 g/mol. The highest BCUT2D eigenvalue weighted by Gasteiger charge is 2.20. The molecule has 0 amide bonds. The zero-order chi connectivity index (χ0) is 30.4. The van der Waals surface area contributed by atoms with Crippen LogP contribution in [-0.2, 0) is 27.1 Å². The number of aromatic nitrogens is 8. The van der Waals surface area contributed by atoms with Crippen LogP contribution in [0.5, 0.6) is 0 Å². The Labute approximate surface area is 247 Å². The number of halogens is 3. The molecule has 0 aliphatic rings. The molecule has 0 saturated carbocycles. The Morgan fingerprint density at radius 2 is 1.70 bits per heavy atom. The summed E-state index contributed by atoms with van der Waals surface area (Å²) in [5, 5.41) is 12.5. The lowest BCUT2D eigenvalue weighted by molar-refractivity contribution is 0.504. The van der Waals surface area contributed by atoms with Crippen molar-refractivity contribution in [2.24, 2.45) is 14.1 Å². The first kappa shape index (κ1) is 28.0. The zero-order valence-electron chi connectivity index (χ0n) is 23.2. The van der Waals surface area contributed by atoms with Crippen molar-refractivity contribution in [2.75, 3.05) is 5.32 Å². The summed E-state index contributed by atoms with van der Waals surface area (Å²) < 4.78 is 34.3. The van der Waals surface area contributed by atoms with Crippen LogP contribution < -0.4 is 16.7 Å². The Bertz CT molecular complexity index is 2150. The number of rotatable bonds is 7. The molecule has 0 aliphatic carbocycles. The third-order valence-corrected chi connectivity index (χ3v) is 7.18. The van der Waals surface area contributed by atoms with Gasteiger partial charge >= 0.3 is 11.4 Å². The van der Waals surface area contributed by atoms with Crippen LogP contribution in [0.1, 0.15) is 22.3 Å². The molecule has 0 aliphatic heterocycles. The number of pyridine rings is 1. The minimum Gasteiger partial charge on any atom is -0.324 e. The number of nitrogens with one attached hydrogen (secondary N) is 1. The minimum atomic E-state index is -1.08. The Morgan fingerprint density at radius 1 is 0.930 bits per heavy atom. The van der Waals surface area contributed by atoms with Gasteiger partial charge in [-0.3, -0.25) is 18.9 Å². The monoisotopic (exact) mass is 603 g/mol. The molecule has 0 spiro atoms. The number of hydrogen-bond donors (Lipinski definition) is 1. The first-order valence-corrected chi connectivity index (χ1v) is 13.4. The molecule has 0 unspecified atom stereocenters. The van der Waals surface area contributed by atoms with E-state index in [-0.39, 0.29) is 29.6 Å². The minimum absolute atomic E-state index is 0.144. The summed E-state index contributed by atoms with van der Waals surface area (Å²) in [6.45, 7) is 1.51. The lowest BCUT2D eigenvalue weighted by atomic mass is 10.0. The van der Waals surface area contributed by atoms with Crippen LogP contribution in [0.2, 0.25) is 5.02 Å². The summed E-state index contributed by atoms with van der Waals surface area (Å²) in [6.07, 6.45) is 8.33. The van der Waals surface area contributed by atoms with Gasteiger partial charge in [-0.25, -0.2) is 22.9 Å². The predicted molar refractivity (Wildman–Crippen MR) is 157 cm³/mol. The second-order valence-electron chi connectivity index (χ2n) is 10.2. The number of aryl methyl sites for hydroxylation is 3. The number of hydrogen-bond acceptors (Lipinski definition) is 7. The van der Waals surface area contributed by atoms with Gasteiger partial charge in [0.1, 0.15) is 0 Å². The molecule has 1 N–H and O–H groups in total. The Morgan fingerprint density at radius 3 is 2.42 bits per heavy atom. The van der Waals surface area contributed by atoms with E-state index >= 15 is 0 Å². The van der Waals surface area contributed by atoms with Crippen molar-refractivity contribution in [3.8, 4) is 5.69 Å². The molecular weight excluding hydrogens is 580 g/mol.